The molecule has 0 radical (unpaired) electrons. The summed E-state index contributed by atoms with van der Waals surface area (Å²) in [6.07, 6.45) is 12.2. The Morgan fingerprint density at radius 3 is 2.29 bits per heavy atom. The van der Waals surface area contributed by atoms with E-state index in [0.29, 0.717) is 13.1 Å². The number of fused-ring (bicyclic) bond motifs is 1. The number of sulfonamides is 1. The highest BCUT2D eigenvalue weighted by molar-refractivity contribution is 7.88. The number of rotatable bonds is 3. The Bertz CT molecular complexity index is 1290. The van der Waals surface area contributed by atoms with Crippen LogP contribution in [0.3, 0.4) is 0 Å². The van der Waals surface area contributed by atoms with E-state index in [9.17, 15) is 13.2 Å². The predicted molar refractivity (Wildman–Crippen MR) is 151 cm³/mol. The summed E-state index contributed by atoms with van der Waals surface area (Å²) in [4.78, 5) is 24.3. The van der Waals surface area contributed by atoms with Crippen LogP contribution in [-0.4, -0.2) is 77.9 Å². The van der Waals surface area contributed by atoms with Crippen molar-refractivity contribution in [1.82, 2.24) is 19.4 Å². The molecule has 3 heterocycles. The molecule has 1 aliphatic carbocycles. The minimum Gasteiger partial charge on any atom is -0.387 e. The number of anilines is 1. The summed E-state index contributed by atoms with van der Waals surface area (Å²) in [7, 11) is -3.17. The Kier molecular flexibility index (Phi) is 10.6. The van der Waals surface area contributed by atoms with Gasteiger partial charge in [0.15, 0.2) is 0 Å². The van der Waals surface area contributed by atoms with Crippen LogP contribution >= 0.6 is 0 Å². The third-order valence-corrected chi connectivity index (χ3v) is 6.72. The van der Waals surface area contributed by atoms with Gasteiger partial charge in [-0.05, 0) is 37.1 Å². The summed E-state index contributed by atoms with van der Waals surface area (Å²) in [6, 6.07) is 10.3. The van der Waals surface area contributed by atoms with E-state index in [1.807, 2.05) is 25.3 Å². The number of hydrogen-bond donors (Lipinski definition) is 2. The first-order valence-corrected chi connectivity index (χ1v) is 15.0. The quantitative estimate of drug-likeness (QED) is 0.518. The summed E-state index contributed by atoms with van der Waals surface area (Å²) < 4.78 is 20.9. The maximum Gasteiger partial charge on any atom is 0.248 e. The average molecular weight is 545 g/mol. The van der Waals surface area contributed by atoms with Gasteiger partial charge in [-0.15, -0.1) is 0 Å². The molecule has 11 heteroatoms. The number of primary sulfonamides is 1. The molecular weight excluding hydrogens is 504 g/mol. The molecule has 1 aromatic carbocycles. The maximum atomic E-state index is 11.7. The molecule has 2 fully saturated rings. The van der Waals surface area contributed by atoms with Crippen molar-refractivity contribution in [3.05, 3.63) is 48.5 Å². The molecule has 3 N–H and O–H groups in total. The van der Waals surface area contributed by atoms with Crippen LogP contribution in [0.25, 0.3) is 16.7 Å². The Labute approximate surface area is 225 Å². The Morgan fingerprint density at radius 1 is 1.08 bits per heavy atom. The molecule has 10 nitrogen and oxygen atoms in total. The molecule has 5 rings (SSSR count). The summed E-state index contributed by atoms with van der Waals surface area (Å²) in [5.41, 5.74) is 2.25. The lowest BCUT2D eigenvalue weighted by molar-refractivity contribution is -0.134. The lowest BCUT2D eigenvalue weighted by Gasteiger charge is -2.36. The smallest absolute Gasteiger partial charge is 0.248 e. The number of nitrogens with two attached hydrogens (primary N) is 1. The van der Waals surface area contributed by atoms with Crippen LogP contribution in [0.1, 0.15) is 44.9 Å². The summed E-state index contributed by atoms with van der Waals surface area (Å²) in [5.74, 6) is 2.43. The molecule has 1 amide bonds. The number of piperazine rings is 1. The molecule has 2 aliphatic rings. The van der Waals surface area contributed by atoms with Crippen LogP contribution in [0.2, 0.25) is 0 Å². The standard InChI is InChI=1S/C19H21N5O2.C7H14.CH5NO2S/c1-14-20-7-5-18(21-14)24-8-6-15-16(3-2-4-17(15)24)22-9-11-23(12-10-22)19(26)13-25;1-7-5-3-2-4-6-7;1-5(2,3)4/h2-8,25H,9-13H2,1H3;7H,2-6H2,1H3;1H3,(H2,2,3,4). The van der Waals surface area contributed by atoms with Gasteiger partial charge in [0.1, 0.15) is 18.2 Å². The van der Waals surface area contributed by atoms with Gasteiger partial charge in [-0.1, -0.05) is 45.1 Å². The molecule has 0 atom stereocenters. The summed E-state index contributed by atoms with van der Waals surface area (Å²) in [5, 5.41) is 14.5. The van der Waals surface area contributed by atoms with E-state index in [-0.39, 0.29) is 5.91 Å². The van der Waals surface area contributed by atoms with Gasteiger partial charge in [-0.2, -0.15) is 0 Å². The Balaban J connectivity index is 0.000000276. The van der Waals surface area contributed by atoms with E-state index in [0.717, 1.165) is 53.5 Å². The molecule has 0 spiro atoms. The van der Waals surface area contributed by atoms with Gasteiger partial charge < -0.3 is 19.5 Å². The zero-order valence-electron chi connectivity index (χ0n) is 22.6. The molecule has 0 bridgehead atoms. The number of carbonyl (C=O) groups is 1. The molecule has 2 aromatic heterocycles. The van der Waals surface area contributed by atoms with Crippen molar-refractivity contribution in [3.63, 3.8) is 0 Å². The van der Waals surface area contributed by atoms with E-state index >= 15 is 0 Å². The number of amides is 1. The number of hydrogen-bond acceptors (Lipinski definition) is 7. The third-order valence-electron chi connectivity index (χ3n) is 6.72. The molecule has 1 saturated heterocycles. The highest BCUT2D eigenvalue weighted by atomic mass is 32.2. The normalized spacial score (nSPS) is 16.3. The van der Waals surface area contributed by atoms with Crippen LogP contribution in [-0.2, 0) is 14.8 Å². The van der Waals surface area contributed by atoms with Crippen molar-refractivity contribution in [3.8, 4) is 5.82 Å². The van der Waals surface area contributed by atoms with Gasteiger partial charge >= 0.3 is 0 Å². The zero-order valence-corrected chi connectivity index (χ0v) is 23.4. The monoisotopic (exact) mass is 544 g/mol. The van der Waals surface area contributed by atoms with Crippen LogP contribution in [0.15, 0.2) is 42.7 Å². The largest absolute Gasteiger partial charge is 0.387 e. The second-order valence-electron chi connectivity index (χ2n) is 9.96. The average Bonchev–Trinajstić information content (AvgIpc) is 3.33. The molecule has 38 heavy (non-hydrogen) atoms. The number of aryl methyl sites for hydroxylation is 1. The lowest BCUT2D eigenvalue weighted by atomic mass is 9.91. The number of nitrogens with zero attached hydrogens (tertiary/aromatic N) is 5. The number of carbonyl (C=O) groups excluding carboxylic acids is 1. The molecule has 3 aromatic rings. The predicted octanol–water partition coefficient (Wildman–Crippen LogP) is 2.86. The topological polar surface area (TPSA) is 135 Å². The van der Waals surface area contributed by atoms with Gasteiger partial charge in [-0.25, -0.2) is 23.5 Å². The van der Waals surface area contributed by atoms with Crippen molar-refractivity contribution < 1.29 is 18.3 Å². The van der Waals surface area contributed by atoms with Crippen LogP contribution in [0, 0.1) is 12.8 Å². The minimum absolute atomic E-state index is 0.201. The van der Waals surface area contributed by atoms with E-state index in [4.69, 9.17) is 5.11 Å². The second kappa shape index (κ2) is 13.7. The molecule has 208 valence electrons. The van der Waals surface area contributed by atoms with Gasteiger partial charge in [0.05, 0.1) is 11.8 Å². The molecule has 1 saturated carbocycles. The van der Waals surface area contributed by atoms with Gasteiger partial charge in [0, 0.05) is 49.6 Å². The summed E-state index contributed by atoms with van der Waals surface area (Å²) in [6.45, 7) is 6.58. The number of aliphatic hydroxyl groups excluding tert-OH is 1. The van der Waals surface area contributed by atoms with Crippen molar-refractivity contribution >= 4 is 32.5 Å². The SMILES string of the molecule is CC1CCCCC1.CS(N)(=O)=O.Cc1nccc(-n2ccc3c(N4CCN(C(=O)CO)CC4)cccc32)n1. The van der Waals surface area contributed by atoms with E-state index in [1.54, 1.807) is 11.1 Å². The van der Waals surface area contributed by atoms with Crippen LogP contribution in [0.4, 0.5) is 5.69 Å². The van der Waals surface area contributed by atoms with Gasteiger partial charge in [0.2, 0.25) is 15.9 Å². The van der Waals surface area contributed by atoms with Crippen molar-refractivity contribution in [2.24, 2.45) is 11.1 Å². The summed E-state index contributed by atoms with van der Waals surface area (Å²) >= 11 is 0. The van der Waals surface area contributed by atoms with Gasteiger partial charge in [-0.3, -0.25) is 4.79 Å². The Morgan fingerprint density at radius 2 is 1.74 bits per heavy atom. The fourth-order valence-corrected chi connectivity index (χ4v) is 4.81. The first-order valence-electron chi connectivity index (χ1n) is 13.1. The van der Waals surface area contributed by atoms with Crippen LogP contribution < -0.4 is 10.0 Å². The number of aliphatic hydroxyl groups is 1. The lowest BCUT2D eigenvalue weighted by Crippen LogP contribution is -2.49. The van der Waals surface area contributed by atoms with Crippen LogP contribution in [0.5, 0.6) is 0 Å². The minimum atomic E-state index is -3.17. The highest BCUT2D eigenvalue weighted by Crippen LogP contribution is 2.30. The first kappa shape index (κ1) is 29.5. The van der Waals surface area contributed by atoms with E-state index in [2.05, 4.69) is 49.7 Å². The fourth-order valence-electron chi connectivity index (χ4n) is 4.81. The van der Waals surface area contributed by atoms with Crippen molar-refractivity contribution in [2.75, 3.05) is 43.9 Å². The van der Waals surface area contributed by atoms with Crippen molar-refractivity contribution in [2.45, 2.75) is 46.0 Å². The second-order valence-corrected chi connectivity index (χ2v) is 11.6. The van der Waals surface area contributed by atoms with E-state index < -0.39 is 16.6 Å². The number of aromatic nitrogens is 3. The maximum absolute atomic E-state index is 11.7. The molecule has 1 aliphatic heterocycles. The van der Waals surface area contributed by atoms with Gasteiger partial charge in [0.25, 0.3) is 0 Å². The highest BCUT2D eigenvalue weighted by Gasteiger charge is 2.22. The molecule has 0 unspecified atom stereocenters. The molecular formula is C27H40N6O4S. The third kappa shape index (κ3) is 8.78. The fraction of sp³-hybridized carbons (Fsp3) is 0.519. The Hall–Kier alpha value is -3.02. The first-order chi connectivity index (χ1) is 18.1. The van der Waals surface area contributed by atoms with Crippen molar-refractivity contribution in [1.29, 1.82) is 0 Å². The van der Waals surface area contributed by atoms with E-state index in [1.165, 1.54) is 32.1 Å². The number of benzene rings is 1. The zero-order chi connectivity index (χ0) is 27.7.